The predicted octanol–water partition coefficient (Wildman–Crippen LogP) is 1.19. The van der Waals surface area contributed by atoms with Crippen molar-refractivity contribution in [3.63, 3.8) is 0 Å². The molecule has 0 aromatic carbocycles. The minimum absolute atomic E-state index is 0.367. The highest BCUT2D eigenvalue weighted by Crippen LogP contribution is 1.84. The summed E-state index contributed by atoms with van der Waals surface area (Å²) in [6.07, 6.45) is 3.02. The first-order chi connectivity index (χ1) is 5.33. The Balaban J connectivity index is 2.44. The van der Waals surface area contributed by atoms with Crippen molar-refractivity contribution in [1.29, 1.82) is 0 Å². The highest BCUT2D eigenvalue weighted by atomic mass is 15.3. The second-order valence-corrected chi connectivity index (χ2v) is 1.66. The Kier molecular flexibility index (Phi) is 1.88. The van der Waals surface area contributed by atoms with Crippen LogP contribution < -0.4 is 0 Å². The maximum absolute atomic E-state index is 7.94. The van der Waals surface area contributed by atoms with Crippen molar-refractivity contribution in [3.05, 3.63) is 28.9 Å². The molecule has 0 atom stereocenters. The maximum atomic E-state index is 7.94. The van der Waals surface area contributed by atoms with E-state index in [4.69, 9.17) is 6.90 Å². The summed E-state index contributed by atoms with van der Waals surface area (Å²) in [5, 5.41) is 7.17. The number of nitrogens with zero attached hydrogens (tertiary/aromatic N) is 5. The van der Waals surface area contributed by atoms with Crippen LogP contribution >= 0.6 is 0 Å². The minimum atomic E-state index is 0.367. The van der Waals surface area contributed by atoms with Crippen LogP contribution in [-0.2, 0) is 6.54 Å². The average molecular weight is 138 g/mol. The molecule has 0 spiro atoms. The van der Waals surface area contributed by atoms with Crippen molar-refractivity contribution in [2.24, 2.45) is 5.11 Å². The molecule has 5 nitrogen and oxygen atoms in total. The molecule has 0 fully saturated rings. The summed E-state index contributed by atoms with van der Waals surface area (Å²) in [4.78, 5) is 2.59. The molecular formula is C5H7N5. The van der Waals surface area contributed by atoms with Crippen LogP contribution in [0.1, 0.15) is 1.37 Å². The van der Waals surface area contributed by atoms with E-state index in [0.717, 1.165) is 0 Å². The lowest BCUT2D eigenvalue weighted by atomic mass is 10.6. The molecule has 52 valence electrons. The molecule has 0 unspecified atom stereocenters. The van der Waals surface area contributed by atoms with Crippen molar-refractivity contribution < 1.29 is 1.37 Å². The molecule has 0 aliphatic carbocycles. The van der Waals surface area contributed by atoms with Crippen molar-refractivity contribution in [3.8, 4) is 0 Å². The van der Waals surface area contributed by atoms with Gasteiger partial charge in [-0.1, -0.05) is 5.11 Å². The Morgan fingerprint density at radius 1 is 1.90 bits per heavy atom. The van der Waals surface area contributed by atoms with Crippen LogP contribution in [0.15, 0.2) is 23.6 Å². The highest BCUT2D eigenvalue weighted by molar-refractivity contribution is 4.77. The molecule has 0 radical (unpaired) electrons. The molecule has 0 saturated heterocycles. The lowest BCUT2D eigenvalue weighted by molar-refractivity contribution is 0.624. The number of rotatable bonds is 3. The Labute approximate surface area is 59.3 Å². The van der Waals surface area contributed by atoms with Crippen molar-refractivity contribution >= 4 is 0 Å². The molecular weight excluding hydrogens is 130 g/mol. The van der Waals surface area contributed by atoms with E-state index in [-0.39, 0.29) is 0 Å². The summed E-state index contributed by atoms with van der Waals surface area (Å²) < 4.78 is 8.68. The van der Waals surface area contributed by atoms with Gasteiger partial charge in [-0.2, -0.15) is 5.10 Å². The Bertz CT molecular complexity index is 274. The fourth-order valence-corrected chi connectivity index (χ4v) is 0.574. The van der Waals surface area contributed by atoms with E-state index in [1.54, 1.807) is 10.9 Å². The Morgan fingerprint density at radius 3 is 3.40 bits per heavy atom. The van der Waals surface area contributed by atoms with E-state index in [9.17, 15) is 0 Å². The summed E-state index contributed by atoms with van der Waals surface area (Å²) >= 11 is 0. The van der Waals surface area contributed by atoms with Crippen LogP contribution in [0.2, 0.25) is 0 Å². The van der Waals surface area contributed by atoms with Crippen LogP contribution in [-0.4, -0.2) is 16.3 Å². The summed E-state index contributed by atoms with van der Waals surface area (Å²) in [5.74, 6) is 0. The van der Waals surface area contributed by atoms with Crippen molar-refractivity contribution in [1.82, 2.24) is 9.78 Å². The number of azide groups is 1. The third-order valence-electron chi connectivity index (χ3n) is 0.996. The van der Waals surface area contributed by atoms with Crippen LogP contribution in [0.3, 0.4) is 0 Å². The number of hydrogen-bond donors (Lipinski definition) is 0. The van der Waals surface area contributed by atoms with E-state index >= 15 is 0 Å². The van der Waals surface area contributed by atoms with Crippen molar-refractivity contribution in [2.45, 2.75) is 6.54 Å². The van der Waals surface area contributed by atoms with Crippen LogP contribution in [0, 0.1) is 0 Å². The molecule has 1 aromatic heterocycles. The zero-order chi connectivity index (χ0) is 8.10. The lowest BCUT2D eigenvalue weighted by Gasteiger charge is -1.93. The SMILES string of the molecule is [2H]c1cnn(CCN=[N+]=[N-])c1. The van der Waals surface area contributed by atoms with Crippen LogP contribution in [0.5, 0.6) is 0 Å². The van der Waals surface area contributed by atoms with Crippen LogP contribution in [0.4, 0.5) is 0 Å². The van der Waals surface area contributed by atoms with Gasteiger partial charge in [0.05, 0.1) is 1.37 Å². The average Bonchev–Trinajstić information content (AvgIpc) is 2.37. The second-order valence-electron chi connectivity index (χ2n) is 1.66. The van der Waals surface area contributed by atoms with Gasteiger partial charge in [-0.15, -0.1) is 0 Å². The molecule has 5 heteroatoms. The number of hydrogen-bond acceptors (Lipinski definition) is 2. The molecule has 0 saturated carbocycles. The fourth-order valence-electron chi connectivity index (χ4n) is 0.574. The van der Waals surface area contributed by atoms with E-state index in [1.807, 2.05) is 0 Å². The first-order valence-corrected chi connectivity index (χ1v) is 2.83. The summed E-state index contributed by atoms with van der Waals surface area (Å²) in [6.45, 7) is 0.903. The van der Waals surface area contributed by atoms with Gasteiger partial charge in [-0.25, -0.2) is 0 Å². The van der Waals surface area contributed by atoms with Gasteiger partial charge in [0, 0.05) is 30.4 Å². The molecule has 1 aromatic rings. The lowest BCUT2D eigenvalue weighted by Crippen LogP contribution is -1.99. The topological polar surface area (TPSA) is 66.6 Å². The van der Waals surface area contributed by atoms with Crippen molar-refractivity contribution in [2.75, 3.05) is 6.54 Å². The standard InChI is InChI=1S/C5H7N5/c6-9-7-3-5-10-4-1-2-8-10/h1-2,4H,3,5H2/i1D. The normalized spacial score (nSPS) is 10.2. The van der Waals surface area contributed by atoms with E-state index in [0.29, 0.717) is 19.1 Å². The van der Waals surface area contributed by atoms with Gasteiger partial charge in [0.15, 0.2) is 0 Å². The second kappa shape index (κ2) is 3.53. The largest absolute Gasteiger partial charge is 0.273 e. The smallest absolute Gasteiger partial charge is 0.0656 e. The van der Waals surface area contributed by atoms with E-state index in [2.05, 4.69) is 15.1 Å². The number of aromatic nitrogens is 2. The molecule has 0 N–H and O–H groups in total. The molecule has 0 bridgehead atoms. The monoisotopic (exact) mass is 138 g/mol. The third kappa shape index (κ3) is 1.80. The fraction of sp³-hybridized carbons (Fsp3) is 0.400. The zero-order valence-corrected chi connectivity index (χ0v) is 5.30. The van der Waals surface area contributed by atoms with Gasteiger partial charge in [0.25, 0.3) is 0 Å². The van der Waals surface area contributed by atoms with Gasteiger partial charge in [0.1, 0.15) is 0 Å². The Morgan fingerprint density at radius 2 is 2.80 bits per heavy atom. The zero-order valence-electron chi connectivity index (χ0n) is 6.30. The summed E-state index contributed by atoms with van der Waals surface area (Å²) in [5.41, 5.74) is 7.94. The molecule has 1 heterocycles. The predicted molar refractivity (Wildman–Crippen MR) is 36.2 cm³/mol. The van der Waals surface area contributed by atoms with Crippen LogP contribution in [0.25, 0.3) is 10.4 Å². The quantitative estimate of drug-likeness (QED) is 0.351. The van der Waals surface area contributed by atoms with Gasteiger partial charge < -0.3 is 0 Å². The molecule has 0 amide bonds. The molecule has 1 rings (SSSR count). The molecule has 0 aliphatic heterocycles. The highest BCUT2D eigenvalue weighted by Gasteiger charge is 1.85. The van der Waals surface area contributed by atoms with E-state index in [1.165, 1.54) is 6.20 Å². The summed E-state index contributed by atoms with van der Waals surface area (Å²) in [7, 11) is 0. The maximum Gasteiger partial charge on any atom is 0.0656 e. The van der Waals surface area contributed by atoms with Gasteiger partial charge in [-0.05, 0) is 11.6 Å². The first-order valence-electron chi connectivity index (χ1n) is 3.33. The van der Waals surface area contributed by atoms with Gasteiger partial charge in [-0.3, -0.25) is 4.68 Å². The third-order valence-corrected chi connectivity index (χ3v) is 0.996. The van der Waals surface area contributed by atoms with Gasteiger partial charge >= 0.3 is 0 Å². The first kappa shape index (κ1) is 5.32. The molecule has 10 heavy (non-hydrogen) atoms. The Hall–Kier alpha value is -1.48. The van der Waals surface area contributed by atoms with E-state index < -0.39 is 0 Å². The minimum Gasteiger partial charge on any atom is -0.273 e. The van der Waals surface area contributed by atoms with Gasteiger partial charge in [0.2, 0.25) is 0 Å². The summed E-state index contributed by atoms with van der Waals surface area (Å²) in [6, 6.07) is 0.367. The molecule has 0 aliphatic rings.